The maximum absolute atomic E-state index is 12.1. The van der Waals surface area contributed by atoms with E-state index >= 15 is 0 Å². The number of carbonyl (C=O) groups is 1. The molecule has 0 spiro atoms. The topological polar surface area (TPSA) is 42.0 Å². The monoisotopic (exact) mass is 378 g/mol. The van der Waals surface area contributed by atoms with Crippen LogP contribution in [0.25, 0.3) is 5.57 Å². The molecule has 0 aromatic heterocycles. The van der Waals surface area contributed by atoms with Crippen molar-refractivity contribution >= 4 is 11.5 Å². The molecule has 0 atom stereocenters. The van der Waals surface area contributed by atoms with Crippen LogP contribution in [0.4, 0.5) is 0 Å². The van der Waals surface area contributed by atoms with Gasteiger partial charge in [0.1, 0.15) is 12.4 Å². The van der Waals surface area contributed by atoms with E-state index in [0.29, 0.717) is 12.2 Å². The van der Waals surface area contributed by atoms with Crippen molar-refractivity contribution < 1.29 is 14.3 Å². The standard InChI is InChI=1S/C23H26N2O3/c1-24-11-13-25(14-12-24)10-9-19-20-5-3-4-6-22(20)28-16-18-8-7-17(15-21(18)19)23(26)27-2/h3-9,15H,10-14,16H2,1-2H3/b19-9-. The molecule has 28 heavy (non-hydrogen) atoms. The highest BCUT2D eigenvalue weighted by Crippen LogP contribution is 2.37. The molecule has 2 aromatic rings. The van der Waals surface area contributed by atoms with Crippen molar-refractivity contribution in [2.24, 2.45) is 0 Å². The van der Waals surface area contributed by atoms with Gasteiger partial charge in [-0.25, -0.2) is 4.79 Å². The summed E-state index contributed by atoms with van der Waals surface area (Å²) in [7, 11) is 3.58. The molecule has 1 saturated heterocycles. The minimum Gasteiger partial charge on any atom is -0.488 e. The summed E-state index contributed by atoms with van der Waals surface area (Å²) in [5, 5.41) is 0. The summed E-state index contributed by atoms with van der Waals surface area (Å²) >= 11 is 0. The first-order valence-electron chi connectivity index (χ1n) is 9.70. The van der Waals surface area contributed by atoms with E-state index in [1.807, 2.05) is 36.4 Å². The quantitative estimate of drug-likeness (QED) is 0.768. The molecule has 0 aliphatic carbocycles. The highest BCUT2D eigenvalue weighted by atomic mass is 16.5. The lowest BCUT2D eigenvalue weighted by Crippen LogP contribution is -2.44. The number of hydrogen-bond donors (Lipinski definition) is 0. The zero-order valence-corrected chi connectivity index (χ0v) is 16.5. The Morgan fingerprint density at radius 2 is 1.89 bits per heavy atom. The van der Waals surface area contributed by atoms with E-state index in [9.17, 15) is 4.79 Å². The normalized spacial score (nSPS) is 18.7. The first-order chi connectivity index (χ1) is 13.7. The van der Waals surface area contributed by atoms with Crippen LogP contribution in [0.5, 0.6) is 5.75 Å². The van der Waals surface area contributed by atoms with Crippen LogP contribution in [0, 0.1) is 0 Å². The highest BCUT2D eigenvalue weighted by molar-refractivity contribution is 5.93. The van der Waals surface area contributed by atoms with E-state index in [4.69, 9.17) is 9.47 Å². The van der Waals surface area contributed by atoms with Gasteiger partial charge in [-0.1, -0.05) is 30.3 Å². The van der Waals surface area contributed by atoms with Crippen LogP contribution in [0.1, 0.15) is 27.0 Å². The molecule has 2 aromatic carbocycles. The number of methoxy groups -OCH3 is 1. The van der Waals surface area contributed by atoms with Gasteiger partial charge in [0.05, 0.1) is 12.7 Å². The fourth-order valence-electron chi connectivity index (χ4n) is 3.78. The van der Waals surface area contributed by atoms with Gasteiger partial charge in [-0.05, 0) is 41.9 Å². The lowest BCUT2D eigenvalue weighted by atomic mass is 9.92. The SMILES string of the molecule is COC(=O)c1ccc2c(c1)/C(=C\CN1CCN(C)CC1)c1ccccc1OC2. The predicted molar refractivity (Wildman–Crippen MR) is 110 cm³/mol. The average Bonchev–Trinajstić information content (AvgIpc) is 2.89. The fourth-order valence-corrected chi connectivity index (χ4v) is 3.78. The van der Waals surface area contributed by atoms with Crippen molar-refractivity contribution in [3.05, 3.63) is 70.8 Å². The van der Waals surface area contributed by atoms with Crippen LogP contribution in [-0.2, 0) is 11.3 Å². The highest BCUT2D eigenvalue weighted by Gasteiger charge is 2.21. The van der Waals surface area contributed by atoms with Crippen molar-refractivity contribution in [3.63, 3.8) is 0 Å². The van der Waals surface area contributed by atoms with Gasteiger partial charge in [-0.2, -0.15) is 0 Å². The van der Waals surface area contributed by atoms with E-state index in [0.717, 1.165) is 60.7 Å². The number of para-hydroxylation sites is 1. The molecule has 4 rings (SSSR count). The Morgan fingerprint density at radius 1 is 1.11 bits per heavy atom. The van der Waals surface area contributed by atoms with E-state index in [1.165, 1.54) is 7.11 Å². The van der Waals surface area contributed by atoms with Gasteiger partial charge in [0.25, 0.3) is 0 Å². The molecule has 0 saturated carbocycles. The third-order valence-electron chi connectivity index (χ3n) is 5.53. The summed E-state index contributed by atoms with van der Waals surface area (Å²) in [6, 6.07) is 13.8. The second kappa shape index (κ2) is 8.17. The third kappa shape index (κ3) is 3.81. The molecule has 0 N–H and O–H groups in total. The van der Waals surface area contributed by atoms with Crippen molar-refractivity contribution in [3.8, 4) is 5.75 Å². The smallest absolute Gasteiger partial charge is 0.337 e. The number of nitrogens with zero attached hydrogens (tertiary/aromatic N) is 2. The number of benzene rings is 2. The molecule has 1 fully saturated rings. The van der Waals surface area contributed by atoms with Gasteiger partial charge >= 0.3 is 5.97 Å². The zero-order valence-electron chi connectivity index (χ0n) is 16.5. The van der Waals surface area contributed by atoms with Crippen LogP contribution in [0.2, 0.25) is 0 Å². The number of likely N-dealkylation sites (N-methyl/N-ethyl adjacent to an activating group) is 1. The van der Waals surface area contributed by atoms with Gasteiger partial charge in [0, 0.05) is 38.3 Å². The van der Waals surface area contributed by atoms with Crippen molar-refractivity contribution in [1.29, 1.82) is 0 Å². The summed E-state index contributed by atoms with van der Waals surface area (Å²) < 4.78 is 11.0. The Hall–Kier alpha value is -2.63. The first kappa shape index (κ1) is 18.7. The first-order valence-corrected chi connectivity index (χ1v) is 9.70. The minimum absolute atomic E-state index is 0.320. The van der Waals surface area contributed by atoms with Crippen LogP contribution in [0.15, 0.2) is 48.5 Å². The summed E-state index contributed by atoms with van der Waals surface area (Å²) in [5.74, 6) is 0.558. The maximum atomic E-state index is 12.1. The second-order valence-corrected chi connectivity index (χ2v) is 7.37. The molecule has 0 radical (unpaired) electrons. The van der Waals surface area contributed by atoms with E-state index in [2.05, 4.69) is 29.0 Å². The fraction of sp³-hybridized carbons (Fsp3) is 0.348. The van der Waals surface area contributed by atoms with Crippen LogP contribution >= 0.6 is 0 Å². The Kier molecular flexibility index (Phi) is 5.46. The molecule has 2 aliphatic heterocycles. The molecule has 2 aliphatic rings. The lowest BCUT2D eigenvalue weighted by Gasteiger charge is -2.31. The summed E-state index contributed by atoms with van der Waals surface area (Å²) in [6.07, 6.45) is 2.28. The van der Waals surface area contributed by atoms with E-state index in [1.54, 1.807) is 0 Å². The summed E-state index contributed by atoms with van der Waals surface area (Å²) in [4.78, 5) is 16.9. The van der Waals surface area contributed by atoms with Crippen LogP contribution in [0.3, 0.4) is 0 Å². The zero-order chi connectivity index (χ0) is 19.5. The lowest BCUT2D eigenvalue weighted by molar-refractivity contribution is 0.0600. The number of carbonyl (C=O) groups excluding carboxylic acids is 1. The molecule has 0 bridgehead atoms. The predicted octanol–water partition coefficient (Wildman–Crippen LogP) is 3.04. The number of fused-ring (bicyclic) bond motifs is 2. The van der Waals surface area contributed by atoms with Gasteiger partial charge in [0.15, 0.2) is 0 Å². The number of rotatable bonds is 3. The summed E-state index contributed by atoms with van der Waals surface area (Å²) in [5.41, 5.74) is 4.87. The summed E-state index contributed by atoms with van der Waals surface area (Å²) in [6.45, 7) is 5.66. The van der Waals surface area contributed by atoms with Crippen molar-refractivity contribution in [1.82, 2.24) is 9.80 Å². The molecule has 146 valence electrons. The van der Waals surface area contributed by atoms with Gasteiger partial charge < -0.3 is 14.4 Å². The Labute approximate surface area is 166 Å². The van der Waals surface area contributed by atoms with Crippen LogP contribution in [-0.4, -0.2) is 62.7 Å². The Balaban J connectivity index is 1.74. The molecule has 5 nitrogen and oxygen atoms in total. The Bertz CT molecular complexity index is 898. The number of hydrogen-bond acceptors (Lipinski definition) is 5. The second-order valence-electron chi connectivity index (χ2n) is 7.37. The van der Waals surface area contributed by atoms with Gasteiger partial charge in [-0.15, -0.1) is 0 Å². The van der Waals surface area contributed by atoms with Gasteiger partial charge in [0.2, 0.25) is 0 Å². The van der Waals surface area contributed by atoms with Crippen LogP contribution < -0.4 is 4.74 Å². The third-order valence-corrected chi connectivity index (χ3v) is 5.53. The number of piperazine rings is 1. The number of esters is 1. The molecular formula is C23H26N2O3. The average molecular weight is 378 g/mol. The van der Waals surface area contributed by atoms with E-state index < -0.39 is 0 Å². The maximum Gasteiger partial charge on any atom is 0.337 e. The molecule has 2 heterocycles. The molecule has 0 amide bonds. The Morgan fingerprint density at radius 3 is 2.68 bits per heavy atom. The van der Waals surface area contributed by atoms with Crippen molar-refractivity contribution in [2.75, 3.05) is 46.9 Å². The van der Waals surface area contributed by atoms with Gasteiger partial charge in [-0.3, -0.25) is 4.90 Å². The largest absolute Gasteiger partial charge is 0.488 e. The van der Waals surface area contributed by atoms with E-state index in [-0.39, 0.29) is 5.97 Å². The number of ether oxygens (including phenoxy) is 2. The molecule has 0 unspecified atom stereocenters. The molecule has 5 heteroatoms. The molecular weight excluding hydrogens is 352 g/mol. The minimum atomic E-state index is -0.320. The van der Waals surface area contributed by atoms with Crippen molar-refractivity contribution in [2.45, 2.75) is 6.61 Å².